The molecule has 0 spiro atoms. The largest absolute Gasteiger partial charge is 0.346 e. The van der Waals surface area contributed by atoms with Crippen molar-refractivity contribution < 1.29 is 14.6 Å². The molecule has 0 radical (unpaired) electrons. The first-order valence-corrected chi connectivity index (χ1v) is 10.0. The number of hydrogen-bond donors (Lipinski definition) is 1. The van der Waals surface area contributed by atoms with Crippen LogP contribution in [0, 0.1) is 10.1 Å². The fourth-order valence-electron chi connectivity index (χ4n) is 3.42. The molecule has 2 heterocycles. The van der Waals surface area contributed by atoms with Crippen LogP contribution in [0.5, 0.6) is 0 Å². The van der Waals surface area contributed by atoms with Gasteiger partial charge >= 0.3 is 5.17 Å². The third-order valence-corrected chi connectivity index (χ3v) is 6.44. The topological polar surface area (TPSA) is 69.6 Å². The Morgan fingerprint density at radius 3 is 2.54 bits per heavy atom. The molecule has 0 amide bonds. The van der Waals surface area contributed by atoms with Crippen molar-refractivity contribution in [3.05, 3.63) is 68.7 Å². The molecular weight excluding hydrogens is 418 g/mol. The molecule has 0 fully saturated rings. The van der Waals surface area contributed by atoms with Gasteiger partial charge in [-0.2, -0.15) is 0 Å². The van der Waals surface area contributed by atoms with E-state index in [1.807, 2.05) is 28.8 Å². The predicted octanol–water partition coefficient (Wildman–Crippen LogP) is 3.53. The van der Waals surface area contributed by atoms with Gasteiger partial charge in [0.25, 0.3) is 11.4 Å². The molecule has 2 aliphatic rings. The van der Waals surface area contributed by atoms with Gasteiger partial charge in [0.15, 0.2) is 6.54 Å². The Kier molecular flexibility index (Phi) is 4.50. The predicted molar refractivity (Wildman–Crippen MR) is 106 cm³/mol. The molecule has 0 unspecified atom stereocenters. The van der Waals surface area contributed by atoms with Gasteiger partial charge in [0.05, 0.1) is 11.5 Å². The van der Waals surface area contributed by atoms with Crippen LogP contribution in [0.4, 0.5) is 11.4 Å². The van der Waals surface area contributed by atoms with Crippen molar-refractivity contribution in [3.8, 4) is 0 Å². The number of halogens is 1. The molecule has 134 valence electrons. The number of rotatable bonds is 3. The summed E-state index contributed by atoms with van der Waals surface area (Å²) in [5, 5.41) is 23.5. The van der Waals surface area contributed by atoms with E-state index in [1.165, 1.54) is 12.1 Å². The standard InChI is InChI=1S/C18H17BrN3O3S/c19-14-4-8-15(9-5-14)20-12-18(23,21-10-1-11-26-17(20)21)13-2-6-16(7-3-13)22(24)25/h2-9,23H,1,10-12H2/q+1/t18-/m1/s1. The van der Waals surface area contributed by atoms with Crippen LogP contribution in [-0.4, -0.2) is 38.6 Å². The minimum absolute atomic E-state index is 0.0253. The zero-order chi connectivity index (χ0) is 18.3. The van der Waals surface area contributed by atoms with E-state index < -0.39 is 10.6 Å². The van der Waals surface area contributed by atoms with Gasteiger partial charge < -0.3 is 5.11 Å². The van der Waals surface area contributed by atoms with Crippen LogP contribution in [0.3, 0.4) is 0 Å². The summed E-state index contributed by atoms with van der Waals surface area (Å²) in [7, 11) is 0. The second-order valence-corrected chi connectivity index (χ2v) is 8.30. The van der Waals surface area contributed by atoms with Gasteiger partial charge in [-0.15, -0.1) is 0 Å². The monoisotopic (exact) mass is 434 g/mol. The van der Waals surface area contributed by atoms with Crippen molar-refractivity contribution in [1.82, 2.24) is 0 Å². The van der Waals surface area contributed by atoms with Crippen molar-refractivity contribution in [1.29, 1.82) is 0 Å². The van der Waals surface area contributed by atoms with Crippen LogP contribution in [-0.2, 0) is 5.72 Å². The Morgan fingerprint density at radius 2 is 1.88 bits per heavy atom. The summed E-state index contributed by atoms with van der Waals surface area (Å²) in [6.07, 6.45) is 0.984. The maximum Gasteiger partial charge on any atom is 0.316 e. The lowest BCUT2D eigenvalue weighted by Gasteiger charge is -2.24. The molecule has 2 aliphatic heterocycles. The number of benzene rings is 2. The van der Waals surface area contributed by atoms with Crippen LogP contribution in [0.25, 0.3) is 0 Å². The number of nitrogens with zero attached hydrogens (tertiary/aromatic N) is 3. The summed E-state index contributed by atoms with van der Waals surface area (Å²) >= 11 is 5.19. The summed E-state index contributed by atoms with van der Waals surface area (Å²) in [5.41, 5.74) is 0.505. The summed E-state index contributed by atoms with van der Waals surface area (Å²) in [5.74, 6) is 1.01. The Balaban J connectivity index is 1.75. The molecule has 2 aromatic rings. The number of anilines is 1. The molecule has 0 saturated carbocycles. The SMILES string of the molecule is O=[N+]([O-])c1ccc([C@]2(O)CN(c3ccc(Br)cc3)C3=[N+]2CCCS3)cc1. The van der Waals surface area contributed by atoms with E-state index in [2.05, 4.69) is 20.8 Å². The highest BCUT2D eigenvalue weighted by atomic mass is 79.9. The van der Waals surface area contributed by atoms with E-state index in [1.54, 1.807) is 23.9 Å². The molecule has 6 nitrogen and oxygen atoms in total. The van der Waals surface area contributed by atoms with Gasteiger partial charge in [0, 0.05) is 27.9 Å². The quantitative estimate of drug-likeness (QED) is 0.454. The summed E-state index contributed by atoms with van der Waals surface area (Å²) in [6, 6.07) is 14.2. The average Bonchev–Trinajstić information content (AvgIpc) is 2.97. The van der Waals surface area contributed by atoms with Gasteiger partial charge in [-0.25, -0.2) is 9.48 Å². The highest BCUT2D eigenvalue weighted by Gasteiger charge is 2.53. The van der Waals surface area contributed by atoms with Gasteiger partial charge in [-0.05, 0) is 54.6 Å². The number of β-amino-alcohol motifs (C(OH)–C–C–N with tert-alkyl or cyclic N) is 1. The fraction of sp³-hybridized carbons (Fsp3) is 0.278. The van der Waals surface area contributed by atoms with E-state index in [-0.39, 0.29) is 5.69 Å². The van der Waals surface area contributed by atoms with Crippen LogP contribution in [0.2, 0.25) is 0 Å². The molecule has 26 heavy (non-hydrogen) atoms. The molecular formula is C18H17BrN3O3S+. The molecule has 2 aromatic carbocycles. The van der Waals surface area contributed by atoms with Crippen LogP contribution < -0.4 is 4.90 Å². The lowest BCUT2D eigenvalue weighted by molar-refractivity contribution is -0.656. The van der Waals surface area contributed by atoms with Crippen molar-refractivity contribution in [2.75, 3.05) is 23.7 Å². The summed E-state index contributed by atoms with van der Waals surface area (Å²) < 4.78 is 3.02. The highest BCUT2D eigenvalue weighted by Crippen LogP contribution is 2.38. The van der Waals surface area contributed by atoms with Crippen LogP contribution >= 0.6 is 27.7 Å². The Bertz CT molecular complexity index is 886. The summed E-state index contributed by atoms with van der Waals surface area (Å²) in [6.45, 7) is 1.14. The number of nitro groups is 1. The van der Waals surface area contributed by atoms with E-state index >= 15 is 0 Å². The minimum atomic E-state index is -1.20. The summed E-state index contributed by atoms with van der Waals surface area (Å²) in [4.78, 5) is 12.6. The Labute approximate surface area is 163 Å². The van der Waals surface area contributed by atoms with Gasteiger partial charge in [-0.1, -0.05) is 15.9 Å². The molecule has 1 atom stereocenters. The minimum Gasteiger partial charge on any atom is -0.346 e. The van der Waals surface area contributed by atoms with E-state index in [0.29, 0.717) is 12.1 Å². The fourth-order valence-corrected chi connectivity index (χ4v) is 4.86. The number of thioether (sulfide) groups is 1. The van der Waals surface area contributed by atoms with Crippen molar-refractivity contribution in [2.45, 2.75) is 12.1 Å². The normalized spacial score (nSPS) is 22.5. The van der Waals surface area contributed by atoms with Crippen molar-refractivity contribution in [3.63, 3.8) is 0 Å². The number of hydrogen-bond acceptors (Lipinski definition) is 5. The molecule has 0 aromatic heterocycles. The lowest BCUT2D eigenvalue weighted by atomic mass is 10.0. The molecule has 0 aliphatic carbocycles. The van der Waals surface area contributed by atoms with Crippen LogP contribution in [0.15, 0.2) is 53.0 Å². The first-order valence-electron chi connectivity index (χ1n) is 8.27. The highest BCUT2D eigenvalue weighted by molar-refractivity contribution is 9.10. The maximum atomic E-state index is 11.5. The molecule has 4 rings (SSSR count). The first kappa shape index (κ1) is 17.5. The zero-order valence-corrected chi connectivity index (χ0v) is 16.2. The number of amidine groups is 1. The van der Waals surface area contributed by atoms with Crippen molar-refractivity contribution in [2.24, 2.45) is 0 Å². The smallest absolute Gasteiger partial charge is 0.316 e. The number of aliphatic hydroxyl groups is 1. The second-order valence-electron chi connectivity index (χ2n) is 6.32. The second kappa shape index (κ2) is 6.68. The molecule has 1 N–H and O–H groups in total. The number of non-ortho nitro benzene ring substituents is 1. The van der Waals surface area contributed by atoms with E-state index in [4.69, 9.17) is 0 Å². The van der Waals surface area contributed by atoms with E-state index in [0.717, 1.165) is 34.0 Å². The van der Waals surface area contributed by atoms with Gasteiger partial charge in [-0.3, -0.25) is 10.1 Å². The van der Waals surface area contributed by atoms with E-state index in [9.17, 15) is 15.2 Å². The van der Waals surface area contributed by atoms with Crippen LogP contribution in [0.1, 0.15) is 12.0 Å². The first-order chi connectivity index (χ1) is 12.5. The number of nitro benzene ring substituents is 1. The lowest BCUT2D eigenvalue weighted by Crippen LogP contribution is -2.41. The zero-order valence-electron chi connectivity index (χ0n) is 13.8. The maximum absolute atomic E-state index is 11.5. The average molecular weight is 435 g/mol. The third kappa shape index (κ3) is 2.91. The van der Waals surface area contributed by atoms with Gasteiger partial charge in [0.1, 0.15) is 5.69 Å². The molecule has 0 saturated heterocycles. The Hall–Kier alpha value is -1.90. The Morgan fingerprint density at radius 1 is 1.19 bits per heavy atom. The molecule has 8 heteroatoms. The van der Waals surface area contributed by atoms with Gasteiger partial charge in [0.2, 0.25) is 0 Å². The third-order valence-electron chi connectivity index (χ3n) is 4.72. The molecule has 0 bridgehead atoms. The van der Waals surface area contributed by atoms with Crippen molar-refractivity contribution >= 4 is 44.2 Å².